The van der Waals surface area contributed by atoms with Crippen LogP contribution in [0.2, 0.25) is 0 Å². The summed E-state index contributed by atoms with van der Waals surface area (Å²) in [5, 5.41) is 0. The van der Waals surface area contributed by atoms with Crippen LogP contribution in [-0.2, 0) is 0 Å². The van der Waals surface area contributed by atoms with E-state index in [-0.39, 0.29) is 0 Å². The van der Waals surface area contributed by atoms with Gasteiger partial charge < -0.3 is 13.9 Å². The predicted molar refractivity (Wildman–Crippen MR) is 91.7 cm³/mol. The lowest BCUT2D eigenvalue weighted by Gasteiger charge is -2.18. The van der Waals surface area contributed by atoms with Crippen molar-refractivity contribution in [2.24, 2.45) is 0 Å². The Bertz CT molecular complexity index is 589. The van der Waals surface area contributed by atoms with Crippen molar-refractivity contribution in [3.8, 4) is 11.5 Å². The van der Waals surface area contributed by atoms with E-state index in [1.807, 2.05) is 65.8 Å². The Morgan fingerprint density at radius 2 is 0.909 bits per heavy atom. The Kier molecular flexibility index (Phi) is 5.10. The zero-order valence-corrected chi connectivity index (χ0v) is 14.9. The summed E-state index contributed by atoms with van der Waals surface area (Å²) in [6.07, 6.45) is 0. The second-order valence-corrected chi connectivity index (χ2v) is 6.72. The van der Waals surface area contributed by atoms with E-state index in [0.717, 1.165) is 22.3 Å². The highest BCUT2D eigenvalue weighted by Gasteiger charge is 2.17. The Morgan fingerprint density at radius 3 is 1.18 bits per heavy atom. The van der Waals surface area contributed by atoms with Crippen LogP contribution in [0.15, 0.2) is 24.3 Å². The standard InChI is InChI=1S/C18H23O3P/c1-11-7-13(3)17(14(4)8-11)20-22(19)21-18-15(5)9-12(2)10-16(18)6/h7-10,19H,1-6H3. The molecule has 2 aromatic rings. The number of hydrogen-bond acceptors (Lipinski definition) is 3. The van der Waals surface area contributed by atoms with Gasteiger partial charge in [0.1, 0.15) is 11.5 Å². The molecule has 0 aliphatic rings. The van der Waals surface area contributed by atoms with Crippen molar-refractivity contribution in [3.63, 3.8) is 0 Å². The number of aryl methyl sites for hydroxylation is 6. The first-order valence-electron chi connectivity index (χ1n) is 7.28. The average Bonchev–Trinajstić information content (AvgIpc) is 2.38. The van der Waals surface area contributed by atoms with Crippen molar-refractivity contribution in [2.45, 2.75) is 41.5 Å². The van der Waals surface area contributed by atoms with Gasteiger partial charge in [-0.25, -0.2) is 0 Å². The van der Waals surface area contributed by atoms with Crippen LogP contribution in [0.4, 0.5) is 0 Å². The average molecular weight is 318 g/mol. The van der Waals surface area contributed by atoms with Crippen LogP contribution in [0.3, 0.4) is 0 Å². The highest BCUT2D eigenvalue weighted by Crippen LogP contribution is 2.41. The molecule has 1 N–H and O–H groups in total. The predicted octanol–water partition coefficient (Wildman–Crippen LogP) is 5.21. The first-order valence-corrected chi connectivity index (χ1v) is 8.41. The summed E-state index contributed by atoms with van der Waals surface area (Å²) >= 11 is 0. The fraction of sp³-hybridized carbons (Fsp3) is 0.333. The molecule has 22 heavy (non-hydrogen) atoms. The van der Waals surface area contributed by atoms with Gasteiger partial charge in [0.25, 0.3) is 0 Å². The van der Waals surface area contributed by atoms with Crippen molar-refractivity contribution in [2.75, 3.05) is 0 Å². The van der Waals surface area contributed by atoms with Crippen LogP contribution in [0.1, 0.15) is 33.4 Å². The SMILES string of the molecule is Cc1cc(C)c(OP(O)Oc2c(C)cc(C)cc2C)c(C)c1. The molecule has 0 aliphatic carbocycles. The largest absolute Gasteiger partial charge is 0.460 e. The highest BCUT2D eigenvalue weighted by molar-refractivity contribution is 7.41. The summed E-state index contributed by atoms with van der Waals surface area (Å²) < 4.78 is 11.3. The molecule has 0 amide bonds. The summed E-state index contributed by atoms with van der Waals surface area (Å²) in [7, 11) is -2.02. The molecule has 0 unspecified atom stereocenters. The van der Waals surface area contributed by atoms with Gasteiger partial charge >= 0.3 is 8.60 Å². The molecule has 0 bridgehead atoms. The van der Waals surface area contributed by atoms with Gasteiger partial charge in [0.2, 0.25) is 0 Å². The van der Waals surface area contributed by atoms with Crippen molar-refractivity contribution >= 4 is 8.60 Å². The Labute approximate surface area is 133 Å². The first-order chi connectivity index (χ1) is 10.3. The molecule has 2 rings (SSSR count). The number of hydrogen-bond donors (Lipinski definition) is 1. The molecule has 0 spiro atoms. The number of benzene rings is 2. The van der Waals surface area contributed by atoms with E-state index in [9.17, 15) is 4.89 Å². The fourth-order valence-corrected chi connectivity index (χ4v) is 3.72. The van der Waals surface area contributed by atoms with Crippen molar-refractivity contribution in [3.05, 3.63) is 57.6 Å². The van der Waals surface area contributed by atoms with Gasteiger partial charge in [0.15, 0.2) is 0 Å². The molecular formula is C18H23O3P. The molecule has 0 aliphatic heterocycles. The fourth-order valence-electron chi connectivity index (χ4n) is 2.80. The van der Waals surface area contributed by atoms with Crippen LogP contribution in [-0.4, -0.2) is 4.89 Å². The maximum Gasteiger partial charge on any atom is 0.460 e. The van der Waals surface area contributed by atoms with E-state index in [2.05, 4.69) is 0 Å². The molecule has 0 saturated heterocycles. The lowest BCUT2D eigenvalue weighted by atomic mass is 10.1. The van der Waals surface area contributed by atoms with E-state index in [1.165, 1.54) is 11.1 Å². The van der Waals surface area contributed by atoms with Gasteiger partial charge in [-0.05, 0) is 63.8 Å². The van der Waals surface area contributed by atoms with Gasteiger partial charge in [-0.2, -0.15) is 0 Å². The lowest BCUT2D eigenvalue weighted by Crippen LogP contribution is -2.00. The Hall–Kier alpha value is -1.57. The maximum absolute atomic E-state index is 10.2. The number of rotatable bonds is 4. The molecule has 4 heteroatoms. The van der Waals surface area contributed by atoms with E-state index in [1.54, 1.807) is 0 Å². The maximum atomic E-state index is 10.2. The third-order valence-electron chi connectivity index (χ3n) is 3.55. The smallest absolute Gasteiger partial charge is 0.417 e. The zero-order valence-electron chi connectivity index (χ0n) is 14.0. The monoisotopic (exact) mass is 318 g/mol. The van der Waals surface area contributed by atoms with Gasteiger partial charge in [-0.15, -0.1) is 0 Å². The summed E-state index contributed by atoms with van der Waals surface area (Å²) in [4.78, 5) is 10.2. The van der Waals surface area contributed by atoms with E-state index >= 15 is 0 Å². The summed E-state index contributed by atoms with van der Waals surface area (Å²) in [5.74, 6) is 1.39. The molecule has 0 radical (unpaired) electrons. The minimum absolute atomic E-state index is 0.696. The van der Waals surface area contributed by atoms with Crippen LogP contribution < -0.4 is 9.05 Å². The molecule has 118 valence electrons. The molecule has 3 nitrogen and oxygen atoms in total. The highest BCUT2D eigenvalue weighted by atomic mass is 31.2. The molecule has 0 atom stereocenters. The topological polar surface area (TPSA) is 38.7 Å². The quantitative estimate of drug-likeness (QED) is 0.786. The summed E-state index contributed by atoms with van der Waals surface area (Å²) in [6, 6.07) is 8.14. The molecule has 0 aromatic heterocycles. The first kappa shape index (κ1) is 16.8. The van der Waals surface area contributed by atoms with Gasteiger partial charge in [-0.1, -0.05) is 35.4 Å². The van der Waals surface area contributed by atoms with E-state index < -0.39 is 8.60 Å². The third-order valence-corrected chi connectivity index (χ3v) is 4.23. The van der Waals surface area contributed by atoms with Crippen LogP contribution >= 0.6 is 8.60 Å². The summed E-state index contributed by atoms with van der Waals surface area (Å²) in [6.45, 7) is 12.0. The molecule has 2 aromatic carbocycles. The lowest BCUT2D eigenvalue weighted by molar-refractivity contribution is 0.377. The second kappa shape index (κ2) is 6.68. The molecule has 0 saturated carbocycles. The zero-order chi connectivity index (χ0) is 16.4. The second-order valence-electron chi connectivity index (χ2n) is 5.88. The molecule has 0 heterocycles. The van der Waals surface area contributed by atoms with Crippen molar-refractivity contribution < 1.29 is 13.9 Å². The summed E-state index contributed by atoms with van der Waals surface area (Å²) in [5.41, 5.74) is 6.35. The van der Waals surface area contributed by atoms with E-state index in [0.29, 0.717) is 11.5 Å². The van der Waals surface area contributed by atoms with Gasteiger partial charge in [-0.3, -0.25) is 0 Å². The van der Waals surface area contributed by atoms with Gasteiger partial charge in [0.05, 0.1) is 0 Å². The molecular weight excluding hydrogens is 295 g/mol. The van der Waals surface area contributed by atoms with Crippen LogP contribution in [0, 0.1) is 41.5 Å². The van der Waals surface area contributed by atoms with Crippen molar-refractivity contribution in [1.82, 2.24) is 0 Å². The molecule has 0 fully saturated rings. The van der Waals surface area contributed by atoms with Crippen molar-refractivity contribution in [1.29, 1.82) is 0 Å². The minimum atomic E-state index is -2.02. The normalized spacial score (nSPS) is 10.9. The van der Waals surface area contributed by atoms with Gasteiger partial charge in [0, 0.05) is 0 Å². The Balaban J connectivity index is 2.19. The van der Waals surface area contributed by atoms with Crippen LogP contribution in [0.5, 0.6) is 11.5 Å². The van der Waals surface area contributed by atoms with Crippen LogP contribution in [0.25, 0.3) is 0 Å². The Morgan fingerprint density at radius 1 is 0.636 bits per heavy atom. The minimum Gasteiger partial charge on any atom is -0.417 e. The van der Waals surface area contributed by atoms with E-state index in [4.69, 9.17) is 9.05 Å². The third kappa shape index (κ3) is 3.79.